The van der Waals surface area contributed by atoms with Crippen LogP contribution in [0, 0.1) is 0 Å². The molecule has 9 nitrogen and oxygen atoms in total. The Bertz CT molecular complexity index is 1480. The van der Waals surface area contributed by atoms with Crippen molar-refractivity contribution in [3.05, 3.63) is 51.4 Å². The molecular weight excluding hydrogens is 440 g/mol. The molecule has 0 aliphatic carbocycles. The summed E-state index contributed by atoms with van der Waals surface area (Å²) < 4.78 is 12.7. The van der Waals surface area contributed by atoms with Gasteiger partial charge in [0.1, 0.15) is 5.52 Å². The van der Waals surface area contributed by atoms with E-state index in [2.05, 4.69) is 41.2 Å². The molecule has 5 aromatic rings. The standard InChI is InChI=1S/C19H13BrN6O3/c1-28-13-6-3-9-8-21-26(18(27)14(9)16(13)29-2)19-23-17-15(24-25-19)11-7-10(20)4-5-12(11)22-17/h3-8H,1-2H3,(H,22,23,25). The van der Waals surface area contributed by atoms with E-state index >= 15 is 0 Å². The van der Waals surface area contributed by atoms with Crippen molar-refractivity contribution in [1.29, 1.82) is 0 Å². The number of rotatable bonds is 3. The van der Waals surface area contributed by atoms with Gasteiger partial charge in [0.15, 0.2) is 17.1 Å². The molecule has 0 bridgehead atoms. The van der Waals surface area contributed by atoms with Gasteiger partial charge in [0.05, 0.1) is 25.8 Å². The average Bonchev–Trinajstić information content (AvgIpc) is 3.10. The monoisotopic (exact) mass is 452 g/mol. The number of hydrogen-bond acceptors (Lipinski definition) is 7. The normalized spacial score (nSPS) is 11.4. The number of hydrogen-bond donors (Lipinski definition) is 1. The first kappa shape index (κ1) is 17.6. The lowest BCUT2D eigenvalue weighted by atomic mass is 10.1. The minimum Gasteiger partial charge on any atom is -0.493 e. The molecule has 0 saturated heterocycles. The zero-order valence-electron chi connectivity index (χ0n) is 15.3. The summed E-state index contributed by atoms with van der Waals surface area (Å²) in [5, 5.41) is 14.4. The van der Waals surface area contributed by atoms with Crippen LogP contribution in [0.4, 0.5) is 0 Å². The summed E-state index contributed by atoms with van der Waals surface area (Å²) in [7, 11) is 2.99. The summed E-state index contributed by atoms with van der Waals surface area (Å²) in [5.74, 6) is 0.834. The predicted molar refractivity (Wildman–Crippen MR) is 111 cm³/mol. The van der Waals surface area contributed by atoms with Gasteiger partial charge in [-0.1, -0.05) is 15.9 Å². The highest BCUT2D eigenvalue weighted by molar-refractivity contribution is 9.10. The lowest BCUT2D eigenvalue weighted by Crippen LogP contribution is -2.24. The molecule has 0 fully saturated rings. The fourth-order valence-corrected chi connectivity index (χ4v) is 3.68. The van der Waals surface area contributed by atoms with Crippen LogP contribution < -0.4 is 15.0 Å². The van der Waals surface area contributed by atoms with Gasteiger partial charge in [0, 0.05) is 20.8 Å². The average molecular weight is 453 g/mol. The Kier molecular flexibility index (Phi) is 3.95. The molecule has 0 spiro atoms. The van der Waals surface area contributed by atoms with Crippen molar-refractivity contribution in [2.45, 2.75) is 0 Å². The molecule has 0 unspecified atom stereocenters. The molecule has 144 valence electrons. The number of methoxy groups -OCH3 is 2. The van der Waals surface area contributed by atoms with Crippen LogP contribution in [0.2, 0.25) is 0 Å². The molecular formula is C19H13BrN6O3. The molecule has 0 radical (unpaired) electrons. The number of ether oxygens (including phenoxy) is 2. The number of aromatic amines is 1. The van der Waals surface area contributed by atoms with E-state index in [0.717, 1.165) is 20.1 Å². The van der Waals surface area contributed by atoms with Crippen molar-refractivity contribution in [2.75, 3.05) is 14.2 Å². The Morgan fingerprint density at radius 2 is 1.97 bits per heavy atom. The number of nitrogens with zero attached hydrogens (tertiary/aromatic N) is 5. The maximum Gasteiger partial charge on any atom is 0.286 e. The van der Waals surface area contributed by atoms with Gasteiger partial charge in [0.2, 0.25) is 0 Å². The van der Waals surface area contributed by atoms with Crippen molar-refractivity contribution in [3.8, 4) is 17.4 Å². The van der Waals surface area contributed by atoms with Crippen LogP contribution in [0.5, 0.6) is 11.5 Å². The molecule has 3 aromatic heterocycles. The second-order valence-corrected chi connectivity index (χ2v) is 7.17. The Hall–Kier alpha value is -3.53. The van der Waals surface area contributed by atoms with Gasteiger partial charge in [-0.05, 0) is 30.3 Å². The number of fused-ring (bicyclic) bond motifs is 4. The van der Waals surface area contributed by atoms with Crippen molar-refractivity contribution in [2.24, 2.45) is 0 Å². The molecule has 0 aliphatic rings. The largest absolute Gasteiger partial charge is 0.493 e. The first-order chi connectivity index (χ1) is 14.1. The Morgan fingerprint density at radius 3 is 2.76 bits per heavy atom. The summed E-state index contributed by atoms with van der Waals surface area (Å²) in [4.78, 5) is 20.8. The third kappa shape index (κ3) is 2.64. The molecule has 0 atom stereocenters. The van der Waals surface area contributed by atoms with Crippen LogP contribution in [-0.2, 0) is 0 Å². The van der Waals surface area contributed by atoms with Crippen molar-refractivity contribution in [3.63, 3.8) is 0 Å². The molecule has 3 heterocycles. The third-order valence-electron chi connectivity index (χ3n) is 4.65. The number of benzene rings is 2. The maximum atomic E-state index is 13.2. The summed E-state index contributed by atoms with van der Waals surface area (Å²) in [6.45, 7) is 0. The summed E-state index contributed by atoms with van der Waals surface area (Å²) in [5.41, 5.74) is 1.55. The van der Waals surface area contributed by atoms with E-state index in [0.29, 0.717) is 33.4 Å². The first-order valence-electron chi connectivity index (χ1n) is 8.56. The van der Waals surface area contributed by atoms with Crippen LogP contribution in [0.15, 0.2) is 45.8 Å². The summed E-state index contributed by atoms with van der Waals surface area (Å²) in [6, 6.07) is 9.23. The highest BCUT2D eigenvalue weighted by Gasteiger charge is 2.18. The van der Waals surface area contributed by atoms with Gasteiger partial charge >= 0.3 is 0 Å². The lowest BCUT2D eigenvalue weighted by molar-refractivity contribution is 0.358. The highest BCUT2D eigenvalue weighted by atomic mass is 79.9. The number of H-pyrrole nitrogens is 1. The van der Waals surface area contributed by atoms with E-state index < -0.39 is 5.56 Å². The van der Waals surface area contributed by atoms with Crippen LogP contribution in [0.3, 0.4) is 0 Å². The van der Waals surface area contributed by atoms with Gasteiger partial charge in [-0.25, -0.2) is 0 Å². The van der Waals surface area contributed by atoms with Gasteiger partial charge < -0.3 is 14.5 Å². The molecule has 0 amide bonds. The fraction of sp³-hybridized carbons (Fsp3) is 0.105. The molecule has 0 aliphatic heterocycles. The number of aromatic nitrogens is 6. The zero-order chi connectivity index (χ0) is 20.1. The third-order valence-corrected chi connectivity index (χ3v) is 5.14. The molecule has 29 heavy (non-hydrogen) atoms. The highest BCUT2D eigenvalue weighted by Crippen LogP contribution is 2.33. The molecule has 2 aromatic carbocycles. The smallest absolute Gasteiger partial charge is 0.286 e. The SMILES string of the molecule is COc1ccc2cnn(-c3nnc4c(n3)[nH]c3ccc(Br)cc34)c(=O)c2c1OC. The minimum atomic E-state index is -0.432. The van der Waals surface area contributed by atoms with Gasteiger partial charge in [-0.2, -0.15) is 14.8 Å². The van der Waals surface area contributed by atoms with Gasteiger partial charge in [0.25, 0.3) is 11.5 Å². The van der Waals surface area contributed by atoms with Crippen LogP contribution >= 0.6 is 15.9 Å². The van der Waals surface area contributed by atoms with Crippen molar-refractivity contribution >= 4 is 48.8 Å². The lowest BCUT2D eigenvalue weighted by Gasteiger charge is -2.11. The summed E-state index contributed by atoms with van der Waals surface area (Å²) in [6.07, 6.45) is 1.55. The number of halogens is 1. The molecule has 1 N–H and O–H groups in total. The second-order valence-electron chi connectivity index (χ2n) is 6.25. The first-order valence-corrected chi connectivity index (χ1v) is 9.35. The van der Waals surface area contributed by atoms with Gasteiger partial charge in [-0.15, -0.1) is 10.2 Å². The van der Waals surface area contributed by atoms with E-state index in [-0.39, 0.29) is 5.95 Å². The summed E-state index contributed by atoms with van der Waals surface area (Å²) >= 11 is 3.45. The van der Waals surface area contributed by atoms with E-state index in [9.17, 15) is 4.79 Å². The maximum absolute atomic E-state index is 13.2. The zero-order valence-corrected chi connectivity index (χ0v) is 16.9. The van der Waals surface area contributed by atoms with Crippen molar-refractivity contribution in [1.82, 2.24) is 29.9 Å². The van der Waals surface area contributed by atoms with Crippen molar-refractivity contribution < 1.29 is 9.47 Å². The quantitative estimate of drug-likeness (QED) is 0.448. The Balaban J connectivity index is 1.76. The van der Waals surface area contributed by atoms with Crippen LogP contribution in [-0.4, -0.2) is 44.2 Å². The Labute approximate surface area is 171 Å². The van der Waals surface area contributed by atoms with E-state index in [1.165, 1.54) is 14.2 Å². The predicted octanol–water partition coefficient (Wildman–Crippen LogP) is 2.98. The molecule has 5 rings (SSSR count). The topological polar surface area (TPSA) is 108 Å². The van der Waals surface area contributed by atoms with Crippen LogP contribution in [0.25, 0.3) is 38.8 Å². The molecule has 10 heteroatoms. The van der Waals surface area contributed by atoms with E-state index in [1.807, 2.05) is 18.2 Å². The fourth-order valence-electron chi connectivity index (χ4n) is 3.32. The van der Waals surface area contributed by atoms with E-state index in [1.54, 1.807) is 18.3 Å². The minimum absolute atomic E-state index is 0.0555. The Morgan fingerprint density at radius 1 is 1.10 bits per heavy atom. The second kappa shape index (κ2) is 6.52. The van der Waals surface area contributed by atoms with Gasteiger partial charge in [-0.3, -0.25) is 4.79 Å². The van der Waals surface area contributed by atoms with E-state index in [4.69, 9.17) is 9.47 Å². The molecule has 0 saturated carbocycles. The number of nitrogens with one attached hydrogen (secondary N) is 1. The van der Waals surface area contributed by atoms with Crippen LogP contribution in [0.1, 0.15) is 0 Å².